The Morgan fingerprint density at radius 1 is 1.40 bits per heavy atom. The number of fused-ring (bicyclic) bond motifs is 1. The van der Waals surface area contributed by atoms with Crippen LogP contribution < -0.4 is 5.73 Å². The van der Waals surface area contributed by atoms with Crippen molar-refractivity contribution in [3.63, 3.8) is 0 Å². The van der Waals surface area contributed by atoms with Gasteiger partial charge in [0.1, 0.15) is 23.0 Å². The molecule has 10 nitrogen and oxygen atoms in total. The van der Waals surface area contributed by atoms with E-state index in [1.165, 1.54) is 29.2 Å². The fourth-order valence-corrected chi connectivity index (χ4v) is 5.77. The number of rotatable bonds is 6. The lowest BCUT2D eigenvalue weighted by molar-refractivity contribution is -0.178. The smallest absolute Gasteiger partial charge is 0.362 e. The third kappa shape index (κ3) is 3.84. The van der Waals surface area contributed by atoms with E-state index in [-0.39, 0.29) is 20.9 Å². The summed E-state index contributed by atoms with van der Waals surface area (Å²) in [5, 5.41) is 14.2. The van der Waals surface area contributed by atoms with Crippen molar-refractivity contribution in [1.82, 2.24) is 9.88 Å². The van der Waals surface area contributed by atoms with Gasteiger partial charge in [-0.2, -0.15) is 0 Å². The number of oxime groups is 1. The number of esters is 1. The number of amides is 1. The predicted molar refractivity (Wildman–Crippen MR) is 113 cm³/mol. The number of nitrogens with two attached hydrogens (primary N) is 1. The second-order valence-corrected chi connectivity index (χ2v) is 10.4. The van der Waals surface area contributed by atoms with Gasteiger partial charge in [-0.15, -0.1) is 23.1 Å². The maximum absolute atomic E-state index is 12.8. The Balaban J connectivity index is 1.86. The summed E-state index contributed by atoms with van der Waals surface area (Å²) >= 11 is 14.2. The summed E-state index contributed by atoms with van der Waals surface area (Å²) in [6.45, 7) is 3.42. The number of anilines is 1. The molecule has 0 bridgehead atoms. The maximum atomic E-state index is 12.8. The second-order valence-electron chi connectivity index (χ2n) is 6.75. The molecule has 0 aliphatic carbocycles. The van der Waals surface area contributed by atoms with Crippen molar-refractivity contribution in [2.45, 2.75) is 36.1 Å². The zero-order valence-corrected chi connectivity index (χ0v) is 18.9. The van der Waals surface area contributed by atoms with Crippen LogP contribution in [0.1, 0.15) is 19.5 Å². The number of thiazole rings is 1. The quantitative estimate of drug-likeness (QED) is 0.262. The molecule has 14 heteroatoms. The number of halogens is 2. The van der Waals surface area contributed by atoms with E-state index in [1.54, 1.807) is 13.8 Å². The molecule has 0 saturated carbocycles. The van der Waals surface area contributed by atoms with E-state index in [9.17, 15) is 19.5 Å². The van der Waals surface area contributed by atoms with Crippen LogP contribution in [0.2, 0.25) is 0 Å². The number of nitrogen functional groups attached to an aromatic ring is 1. The molecule has 3 heterocycles. The minimum Gasteiger partial charge on any atom is -0.480 e. The normalized spacial score (nSPS) is 24.7. The van der Waals surface area contributed by atoms with Crippen molar-refractivity contribution >= 4 is 80.6 Å². The molecule has 1 amide bonds. The minimum atomic E-state index is -1.19. The molecule has 0 radical (unpaired) electrons. The summed E-state index contributed by atoms with van der Waals surface area (Å²) in [6.07, 6.45) is -1.19. The van der Waals surface area contributed by atoms with Crippen molar-refractivity contribution < 1.29 is 29.1 Å². The number of ether oxygens (including phenoxy) is 1. The van der Waals surface area contributed by atoms with E-state index in [2.05, 4.69) is 10.1 Å². The van der Waals surface area contributed by atoms with Crippen LogP contribution in [0.4, 0.5) is 5.13 Å². The molecule has 0 spiro atoms. The lowest BCUT2D eigenvalue weighted by Crippen LogP contribution is -2.66. The van der Waals surface area contributed by atoms with Gasteiger partial charge in [0.25, 0.3) is 5.91 Å². The van der Waals surface area contributed by atoms with E-state index in [0.717, 1.165) is 11.3 Å². The van der Waals surface area contributed by atoms with Gasteiger partial charge in [-0.25, -0.2) is 14.6 Å². The first kappa shape index (κ1) is 22.7. The number of carbonyl (C=O) groups is 3. The van der Waals surface area contributed by atoms with Gasteiger partial charge < -0.3 is 25.3 Å². The fraction of sp³-hybridized carbons (Fsp3) is 0.438. The molecule has 0 aromatic carbocycles. The van der Waals surface area contributed by atoms with Crippen LogP contribution in [0.5, 0.6) is 0 Å². The predicted octanol–water partition coefficient (Wildman–Crippen LogP) is 1.93. The van der Waals surface area contributed by atoms with Gasteiger partial charge in [0.05, 0.1) is 11.3 Å². The van der Waals surface area contributed by atoms with Crippen molar-refractivity contribution in [1.29, 1.82) is 0 Å². The number of β-lactam (4-membered cyclic amide) rings is 1. The van der Waals surface area contributed by atoms with Gasteiger partial charge in [0.15, 0.2) is 10.8 Å². The highest BCUT2D eigenvalue weighted by Crippen LogP contribution is 2.51. The number of hydrogen-bond donors (Lipinski definition) is 2. The number of thioether (sulfide) groups is 1. The van der Waals surface area contributed by atoms with Gasteiger partial charge in [0, 0.05) is 10.1 Å². The number of aliphatic carboxylic acids is 1. The van der Waals surface area contributed by atoms with Crippen molar-refractivity contribution in [3.8, 4) is 0 Å². The summed E-state index contributed by atoms with van der Waals surface area (Å²) in [6, 6.07) is -1.03. The third-order valence-corrected chi connectivity index (χ3v) is 7.04. The van der Waals surface area contributed by atoms with Crippen LogP contribution in [-0.4, -0.2) is 67.9 Å². The van der Waals surface area contributed by atoms with E-state index in [1.807, 2.05) is 0 Å². The molecule has 0 unspecified atom stereocenters. The van der Waals surface area contributed by atoms with Crippen LogP contribution in [0.3, 0.4) is 0 Å². The average Bonchev–Trinajstić information content (AvgIpc) is 3.17. The lowest BCUT2D eigenvalue weighted by Gasteiger charge is -2.42. The first-order valence-corrected chi connectivity index (χ1v) is 10.8. The Bertz CT molecular complexity index is 975. The molecular formula is C16H16Cl2N4O6S2. The average molecular weight is 495 g/mol. The molecule has 30 heavy (non-hydrogen) atoms. The number of nitrogens with zero attached hydrogens (tertiary/aromatic N) is 3. The first-order valence-electron chi connectivity index (χ1n) is 8.31. The van der Waals surface area contributed by atoms with Gasteiger partial charge in [-0.3, -0.25) is 4.79 Å². The van der Waals surface area contributed by atoms with Gasteiger partial charge >= 0.3 is 11.9 Å². The Labute approximate surface area is 189 Å². The highest BCUT2D eigenvalue weighted by Gasteiger charge is 2.65. The van der Waals surface area contributed by atoms with Crippen molar-refractivity contribution in [2.75, 3.05) is 12.8 Å². The van der Waals surface area contributed by atoms with Crippen molar-refractivity contribution in [2.24, 2.45) is 5.16 Å². The number of hydrogen-bond acceptors (Lipinski definition) is 10. The molecule has 2 aliphatic heterocycles. The van der Waals surface area contributed by atoms with Crippen LogP contribution in [-0.2, 0) is 24.0 Å². The van der Waals surface area contributed by atoms with E-state index >= 15 is 0 Å². The highest BCUT2D eigenvalue weighted by atomic mass is 35.5. The summed E-state index contributed by atoms with van der Waals surface area (Å²) < 4.78 is 4.25. The lowest BCUT2D eigenvalue weighted by atomic mass is 9.97. The summed E-state index contributed by atoms with van der Waals surface area (Å²) in [4.78, 5) is 46.9. The zero-order chi connectivity index (χ0) is 22.4. The summed E-state index contributed by atoms with van der Waals surface area (Å²) in [5.41, 5.74) is 5.31. The number of carbonyl (C=O) groups excluding carboxylic acids is 2. The molecule has 3 rings (SSSR count). The van der Waals surface area contributed by atoms with Crippen LogP contribution >= 0.6 is 46.3 Å². The molecule has 2 aliphatic rings. The maximum Gasteiger partial charge on any atom is 0.362 e. The Morgan fingerprint density at radius 2 is 2.07 bits per heavy atom. The molecule has 3 atom stereocenters. The van der Waals surface area contributed by atoms with E-state index in [4.69, 9.17) is 38.5 Å². The molecule has 162 valence electrons. The topological polar surface area (TPSA) is 144 Å². The number of carboxylic acids is 1. The van der Waals surface area contributed by atoms with Crippen molar-refractivity contribution in [3.05, 3.63) is 15.6 Å². The fourth-order valence-electron chi connectivity index (χ4n) is 3.24. The molecular weight excluding hydrogens is 479 g/mol. The minimum absolute atomic E-state index is 0.0791. The highest BCUT2D eigenvalue weighted by molar-refractivity contribution is 8.01. The summed E-state index contributed by atoms with van der Waals surface area (Å²) in [7, 11) is 1.20. The third-order valence-electron chi connectivity index (χ3n) is 4.44. The molecule has 2 saturated heterocycles. The molecule has 2 fully saturated rings. The Kier molecular flexibility index (Phi) is 6.23. The Morgan fingerprint density at radius 3 is 2.57 bits per heavy atom. The summed E-state index contributed by atoms with van der Waals surface area (Å²) in [5.74, 6) is -2.78. The van der Waals surface area contributed by atoms with Crippen LogP contribution in [0.25, 0.3) is 5.57 Å². The second kappa shape index (κ2) is 8.25. The van der Waals surface area contributed by atoms with Gasteiger partial charge in [0.2, 0.25) is 6.10 Å². The van der Waals surface area contributed by atoms with Crippen LogP contribution in [0.15, 0.2) is 15.0 Å². The molecule has 1 aromatic rings. The number of carboxylic acid groups (broad SMARTS) is 1. The Hall–Kier alpha value is -2.02. The van der Waals surface area contributed by atoms with E-state index in [0.29, 0.717) is 0 Å². The molecule has 3 N–H and O–H groups in total. The first-order chi connectivity index (χ1) is 14.0. The number of aromatic nitrogens is 1. The van der Waals surface area contributed by atoms with E-state index < -0.39 is 45.8 Å². The van der Waals surface area contributed by atoms with Gasteiger partial charge in [-0.1, -0.05) is 28.4 Å². The zero-order valence-electron chi connectivity index (χ0n) is 15.8. The standard InChI is InChI=1S/C16H16Cl2N4O6S2/c1-16(2)9(13(24)25)22-11(23)8(12(22)30-16)28-14(26)7(21-27-3)6(10(17)18)5-4-29-15(19)20-5/h4,8-9,12H,1-3H3,(H2,19,20)(H,24,25)/b21-7-/t8-,9+,12-/m1/s1. The SMILES string of the molecule is CO/N=C(\C(=O)O[C@@H]1C(=O)N2[C@@H]1SC(C)(C)[C@@H]2C(=O)O)C(=C(Cl)Cl)c1csc(N)n1. The monoisotopic (exact) mass is 494 g/mol. The van der Waals surface area contributed by atoms with Gasteiger partial charge in [-0.05, 0) is 13.8 Å². The largest absolute Gasteiger partial charge is 0.480 e. The van der Waals surface area contributed by atoms with Crippen LogP contribution in [0, 0.1) is 0 Å². The molecule has 1 aromatic heterocycles.